The molecule has 1 atom stereocenters. The van der Waals surface area contributed by atoms with Gasteiger partial charge in [-0.1, -0.05) is 24.4 Å². The number of allylic oxidation sites excluding steroid dienone is 2. The largest absolute Gasteiger partial charge is 0.481 e. The van der Waals surface area contributed by atoms with E-state index in [0.717, 1.165) is 5.57 Å². The number of aliphatic carboxylic acids is 1. The number of methoxy groups -OCH3 is 1. The highest BCUT2D eigenvalue weighted by molar-refractivity contribution is 7.80. The minimum Gasteiger partial charge on any atom is -0.481 e. The van der Waals surface area contributed by atoms with E-state index in [4.69, 9.17) is 22.1 Å². The van der Waals surface area contributed by atoms with Crippen molar-refractivity contribution in [3.8, 4) is 0 Å². The molecule has 1 unspecified atom stereocenters. The van der Waals surface area contributed by atoms with E-state index >= 15 is 0 Å². The third kappa shape index (κ3) is 3.05. The standard InChI is InChI=1S/C10H12O3S/c1-13-8-4-2-7(6-9(8)14)3-5-10(11)12/h2,4,6,8H,3,5H2,1H3,(H,11,12). The minimum absolute atomic E-state index is 0.135. The van der Waals surface area contributed by atoms with Crippen molar-refractivity contribution in [3.63, 3.8) is 0 Å². The molecule has 0 radical (unpaired) electrons. The molecule has 4 heteroatoms. The molecule has 0 fully saturated rings. The van der Waals surface area contributed by atoms with E-state index in [2.05, 4.69) is 0 Å². The molecular formula is C10H12O3S. The smallest absolute Gasteiger partial charge is 0.303 e. The maximum Gasteiger partial charge on any atom is 0.303 e. The van der Waals surface area contributed by atoms with Gasteiger partial charge in [-0.05, 0) is 18.1 Å². The fourth-order valence-electron chi connectivity index (χ4n) is 1.22. The van der Waals surface area contributed by atoms with Crippen LogP contribution >= 0.6 is 12.2 Å². The summed E-state index contributed by atoms with van der Waals surface area (Å²) in [5.74, 6) is -0.793. The van der Waals surface area contributed by atoms with Gasteiger partial charge in [0, 0.05) is 18.4 Å². The summed E-state index contributed by atoms with van der Waals surface area (Å²) < 4.78 is 5.09. The summed E-state index contributed by atoms with van der Waals surface area (Å²) in [4.78, 5) is 11.0. The zero-order valence-corrected chi connectivity index (χ0v) is 8.71. The highest BCUT2D eigenvalue weighted by Crippen LogP contribution is 2.15. The Morgan fingerprint density at radius 1 is 1.71 bits per heavy atom. The van der Waals surface area contributed by atoms with Crippen LogP contribution in [0.5, 0.6) is 0 Å². The Bertz CT molecular complexity index is 304. The van der Waals surface area contributed by atoms with Crippen molar-refractivity contribution in [2.24, 2.45) is 0 Å². The van der Waals surface area contributed by atoms with Crippen LogP contribution in [0.4, 0.5) is 0 Å². The van der Waals surface area contributed by atoms with Crippen LogP contribution in [0.2, 0.25) is 0 Å². The maximum absolute atomic E-state index is 10.3. The number of rotatable bonds is 4. The molecular weight excluding hydrogens is 200 g/mol. The Hall–Kier alpha value is -1.000. The van der Waals surface area contributed by atoms with E-state index < -0.39 is 5.97 Å². The van der Waals surface area contributed by atoms with Crippen molar-refractivity contribution in [2.45, 2.75) is 18.9 Å². The predicted molar refractivity (Wildman–Crippen MR) is 57.5 cm³/mol. The summed E-state index contributed by atoms with van der Waals surface area (Å²) in [6, 6.07) is 0. The number of carboxylic acid groups (broad SMARTS) is 1. The SMILES string of the molecule is COC1C=CC(CCC(=O)O)=CC1=S. The monoisotopic (exact) mass is 212 g/mol. The van der Waals surface area contributed by atoms with Gasteiger partial charge in [0.05, 0.1) is 0 Å². The first-order chi connectivity index (χ1) is 6.63. The lowest BCUT2D eigenvalue weighted by Crippen LogP contribution is -2.19. The summed E-state index contributed by atoms with van der Waals surface area (Å²) >= 11 is 5.08. The van der Waals surface area contributed by atoms with Crippen LogP contribution in [0.3, 0.4) is 0 Å². The number of hydrogen-bond donors (Lipinski definition) is 1. The molecule has 0 aromatic rings. The van der Waals surface area contributed by atoms with E-state index in [1.165, 1.54) is 0 Å². The van der Waals surface area contributed by atoms with Gasteiger partial charge in [0.25, 0.3) is 0 Å². The van der Waals surface area contributed by atoms with Crippen molar-refractivity contribution in [2.75, 3.05) is 7.11 Å². The first-order valence-electron chi connectivity index (χ1n) is 4.30. The topological polar surface area (TPSA) is 46.5 Å². The van der Waals surface area contributed by atoms with Crippen LogP contribution in [-0.4, -0.2) is 29.2 Å². The van der Waals surface area contributed by atoms with Crippen molar-refractivity contribution in [3.05, 3.63) is 23.8 Å². The molecule has 0 aromatic carbocycles. The summed E-state index contributed by atoms with van der Waals surface area (Å²) in [7, 11) is 1.59. The Morgan fingerprint density at radius 3 is 2.93 bits per heavy atom. The van der Waals surface area contributed by atoms with E-state index in [1.54, 1.807) is 7.11 Å². The fourth-order valence-corrected chi connectivity index (χ4v) is 1.55. The molecule has 1 aliphatic carbocycles. The highest BCUT2D eigenvalue weighted by atomic mass is 32.1. The predicted octanol–water partition coefficient (Wildman–Crippen LogP) is 1.73. The molecule has 1 rings (SSSR count). The van der Waals surface area contributed by atoms with Crippen molar-refractivity contribution in [1.29, 1.82) is 0 Å². The van der Waals surface area contributed by atoms with Gasteiger partial charge in [-0.25, -0.2) is 0 Å². The Morgan fingerprint density at radius 2 is 2.43 bits per heavy atom. The van der Waals surface area contributed by atoms with Crippen LogP contribution in [0.25, 0.3) is 0 Å². The highest BCUT2D eigenvalue weighted by Gasteiger charge is 2.13. The van der Waals surface area contributed by atoms with Gasteiger partial charge in [-0.2, -0.15) is 0 Å². The third-order valence-electron chi connectivity index (χ3n) is 1.97. The van der Waals surface area contributed by atoms with Crippen LogP contribution in [-0.2, 0) is 9.53 Å². The third-order valence-corrected chi connectivity index (χ3v) is 2.32. The van der Waals surface area contributed by atoms with Crippen LogP contribution in [0, 0.1) is 0 Å². The van der Waals surface area contributed by atoms with Gasteiger partial charge in [-0.15, -0.1) is 0 Å². The summed E-state index contributed by atoms with van der Waals surface area (Å²) in [6.07, 6.45) is 6.04. The van der Waals surface area contributed by atoms with Crippen LogP contribution < -0.4 is 0 Å². The van der Waals surface area contributed by atoms with Gasteiger partial charge in [0.2, 0.25) is 0 Å². The van der Waals surface area contributed by atoms with E-state index in [0.29, 0.717) is 11.3 Å². The number of thiocarbonyl (C=S) groups is 1. The molecule has 0 spiro atoms. The first kappa shape index (κ1) is 11.1. The summed E-state index contributed by atoms with van der Waals surface area (Å²) in [5, 5.41) is 8.50. The lowest BCUT2D eigenvalue weighted by molar-refractivity contribution is -0.136. The van der Waals surface area contributed by atoms with Gasteiger partial charge in [-0.3, -0.25) is 4.79 Å². The molecule has 14 heavy (non-hydrogen) atoms. The van der Waals surface area contributed by atoms with Crippen molar-refractivity contribution >= 4 is 23.1 Å². The zero-order valence-electron chi connectivity index (χ0n) is 7.90. The zero-order chi connectivity index (χ0) is 10.6. The quantitative estimate of drug-likeness (QED) is 0.721. The minimum atomic E-state index is -0.793. The molecule has 76 valence electrons. The molecule has 0 saturated carbocycles. The second-order valence-corrected chi connectivity index (χ2v) is 3.50. The van der Waals surface area contributed by atoms with Crippen molar-refractivity contribution < 1.29 is 14.6 Å². The van der Waals surface area contributed by atoms with E-state index in [-0.39, 0.29) is 12.5 Å². The molecule has 3 nitrogen and oxygen atoms in total. The average molecular weight is 212 g/mol. The summed E-state index contributed by atoms with van der Waals surface area (Å²) in [5.41, 5.74) is 0.950. The Kier molecular flexibility index (Phi) is 3.98. The molecule has 0 aliphatic heterocycles. The average Bonchev–Trinajstić information content (AvgIpc) is 2.15. The van der Waals surface area contributed by atoms with Gasteiger partial charge in [0.1, 0.15) is 6.10 Å². The van der Waals surface area contributed by atoms with E-state index in [9.17, 15) is 4.79 Å². The second-order valence-electron chi connectivity index (χ2n) is 3.03. The number of carbonyl (C=O) groups is 1. The van der Waals surface area contributed by atoms with Gasteiger partial charge >= 0.3 is 5.97 Å². The van der Waals surface area contributed by atoms with Crippen molar-refractivity contribution in [1.82, 2.24) is 0 Å². The molecule has 0 saturated heterocycles. The lowest BCUT2D eigenvalue weighted by Gasteiger charge is -2.15. The number of ether oxygens (including phenoxy) is 1. The second kappa shape index (κ2) is 5.02. The molecule has 0 heterocycles. The maximum atomic E-state index is 10.3. The Labute approximate surface area is 88.1 Å². The molecule has 0 amide bonds. The van der Waals surface area contributed by atoms with Gasteiger partial charge in [0.15, 0.2) is 0 Å². The number of hydrogen-bond acceptors (Lipinski definition) is 3. The summed E-state index contributed by atoms with van der Waals surface area (Å²) in [6.45, 7) is 0. The molecule has 1 N–H and O–H groups in total. The van der Waals surface area contributed by atoms with Crippen LogP contribution in [0.1, 0.15) is 12.8 Å². The fraction of sp³-hybridized carbons (Fsp3) is 0.400. The van der Waals surface area contributed by atoms with Gasteiger partial charge < -0.3 is 9.84 Å². The molecule has 0 aromatic heterocycles. The van der Waals surface area contributed by atoms with Crippen LogP contribution in [0.15, 0.2) is 23.8 Å². The Balaban J connectivity index is 2.54. The lowest BCUT2D eigenvalue weighted by atomic mass is 10.0. The normalized spacial score (nSPS) is 20.8. The molecule has 0 bridgehead atoms. The number of carboxylic acids is 1. The molecule has 1 aliphatic rings. The first-order valence-corrected chi connectivity index (χ1v) is 4.71. The van der Waals surface area contributed by atoms with E-state index in [1.807, 2.05) is 18.2 Å².